The summed E-state index contributed by atoms with van der Waals surface area (Å²) in [5.41, 5.74) is 0. The van der Waals surface area contributed by atoms with Crippen molar-refractivity contribution in [3.8, 4) is 0 Å². The van der Waals surface area contributed by atoms with Gasteiger partial charge in [-0.3, -0.25) is 4.79 Å². The third kappa shape index (κ3) is 2.40. The Morgan fingerprint density at radius 3 is 2.36 bits per heavy atom. The Balaban J connectivity index is 2.38. The summed E-state index contributed by atoms with van der Waals surface area (Å²) in [6.45, 7) is 0. The van der Waals surface area contributed by atoms with Crippen molar-refractivity contribution in [3.63, 3.8) is 0 Å². The van der Waals surface area contributed by atoms with Crippen molar-refractivity contribution in [2.24, 2.45) is 5.92 Å². The van der Waals surface area contributed by atoms with E-state index in [0.717, 1.165) is 25.7 Å². The van der Waals surface area contributed by atoms with Crippen molar-refractivity contribution in [2.75, 3.05) is 0 Å². The highest BCUT2D eigenvalue weighted by Gasteiger charge is 2.26. The lowest BCUT2D eigenvalue weighted by molar-refractivity contribution is -0.137. The second kappa shape index (κ2) is 4.00. The molecule has 1 aliphatic rings. The first-order chi connectivity index (χ1) is 5.22. The van der Waals surface area contributed by atoms with Gasteiger partial charge in [0.1, 0.15) is 5.25 Å². The molecule has 0 aromatic rings. The molecule has 0 aromatic heterocycles. The maximum absolute atomic E-state index is 10.5. The highest BCUT2D eigenvalue weighted by molar-refractivity contribution is 7.81. The van der Waals surface area contributed by atoms with Crippen molar-refractivity contribution in [3.05, 3.63) is 0 Å². The standard InChI is InChI=1S/C8H13O2S/c9-8(10)7(11)6-4-2-1-3-5-6/h6-7H,1-5H2,(H,9,10). The van der Waals surface area contributed by atoms with Gasteiger partial charge in [0.15, 0.2) is 0 Å². The summed E-state index contributed by atoms with van der Waals surface area (Å²) in [4.78, 5) is 10.5. The van der Waals surface area contributed by atoms with Crippen LogP contribution in [0.1, 0.15) is 32.1 Å². The minimum absolute atomic E-state index is 0.260. The third-order valence-electron chi connectivity index (χ3n) is 2.32. The Morgan fingerprint density at radius 1 is 1.36 bits per heavy atom. The summed E-state index contributed by atoms with van der Waals surface area (Å²) in [5.74, 6) is -0.553. The van der Waals surface area contributed by atoms with Crippen molar-refractivity contribution in [1.82, 2.24) is 0 Å². The SMILES string of the molecule is O=C(O)C([S])C1CCCCC1. The van der Waals surface area contributed by atoms with E-state index in [9.17, 15) is 4.79 Å². The average molecular weight is 173 g/mol. The number of aliphatic carboxylic acids is 1. The molecule has 0 amide bonds. The van der Waals surface area contributed by atoms with Crippen LogP contribution in [0.2, 0.25) is 0 Å². The lowest BCUT2D eigenvalue weighted by Gasteiger charge is -2.23. The Hall–Kier alpha value is -0.180. The van der Waals surface area contributed by atoms with Gasteiger partial charge in [-0.25, -0.2) is 0 Å². The lowest BCUT2D eigenvalue weighted by atomic mass is 9.87. The van der Waals surface area contributed by atoms with Gasteiger partial charge in [-0.1, -0.05) is 31.9 Å². The minimum atomic E-state index is -0.813. The molecule has 1 N–H and O–H groups in total. The summed E-state index contributed by atoms with van der Waals surface area (Å²) >= 11 is 4.88. The van der Waals surface area contributed by atoms with E-state index in [4.69, 9.17) is 17.7 Å². The Labute approximate surface area is 72.4 Å². The smallest absolute Gasteiger partial charge is 0.317 e. The second-order valence-electron chi connectivity index (χ2n) is 3.16. The number of carboxylic acids is 1. The normalized spacial score (nSPS) is 23.0. The van der Waals surface area contributed by atoms with Crippen LogP contribution in [0.3, 0.4) is 0 Å². The molecule has 1 unspecified atom stereocenters. The van der Waals surface area contributed by atoms with Gasteiger partial charge >= 0.3 is 5.97 Å². The zero-order chi connectivity index (χ0) is 8.27. The van der Waals surface area contributed by atoms with E-state index in [1.165, 1.54) is 6.42 Å². The van der Waals surface area contributed by atoms with Crippen molar-refractivity contribution >= 4 is 18.6 Å². The van der Waals surface area contributed by atoms with E-state index in [1.54, 1.807) is 0 Å². The van der Waals surface area contributed by atoms with E-state index in [0.29, 0.717) is 0 Å². The molecule has 0 aromatic carbocycles. The molecule has 1 atom stereocenters. The van der Waals surface area contributed by atoms with Gasteiger partial charge in [0.05, 0.1) is 0 Å². The molecule has 63 valence electrons. The van der Waals surface area contributed by atoms with Crippen LogP contribution >= 0.6 is 12.6 Å². The largest absolute Gasteiger partial charge is 0.480 e. The first-order valence-electron chi connectivity index (χ1n) is 4.10. The maximum atomic E-state index is 10.5. The van der Waals surface area contributed by atoms with Crippen LogP contribution in [0.4, 0.5) is 0 Å². The van der Waals surface area contributed by atoms with E-state index >= 15 is 0 Å². The Kier molecular flexibility index (Phi) is 3.24. The summed E-state index contributed by atoms with van der Waals surface area (Å²) < 4.78 is 0. The molecular formula is C8H13O2S. The number of carboxylic acid groups (broad SMARTS) is 1. The molecule has 0 aliphatic heterocycles. The summed E-state index contributed by atoms with van der Waals surface area (Å²) in [6.07, 6.45) is 5.59. The Bertz CT molecular complexity index is 141. The monoisotopic (exact) mass is 173 g/mol. The number of hydrogen-bond acceptors (Lipinski definition) is 1. The third-order valence-corrected chi connectivity index (χ3v) is 2.91. The topological polar surface area (TPSA) is 37.3 Å². The fourth-order valence-corrected chi connectivity index (χ4v) is 1.91. The van der Waals surface area contributed by atoms with Crippen LogP contribution < -0.4 is 0 Å². The average Bonchev–Trinajstić information content (AvgIpc) is 2.05. The molecule has 0 bridgehead atoms. The molecular weight excluding hydrogens is 160 g/mol. The molecule has 1 radical (unpaired) electrons. The van der Waals surface area contributed by atoms with E-state index in [-0.39, 0.29) is 5.92 Å². The minimum Gasteiger partial charge on any atom is -0.480 e. The van der Waals surface area contributed by atoms with E-state index < -0.39 is 11.2 Å². The van der Waals surface area contributed by atoms with Gasteiger partial charge in [0.25, 0.3) is 0 Å². The zero-order valence-electron chi connectivity index (χ0n) is 6.45. The summed E-state index contributed by atoms with van der Waals surface area (Å²) in [7, 11) is 0. The molecule has 0 saturated heterocycles. The van der Waals surface area contributed by atoms with Gasteiger partial charge in [0.2, 0.25) is 0 Å². The van der Waals surface area contributed by atoms with Gasteiger partial charge in [-0.2, -0.15) is 0 Å². The number of hydrogen-bond donors (Lipinski definition) is 1. The molecule has 2 nitrogen and oxygen atoms in total. The predicted octanol–water partition coefficient (Wildman–Crippen LogP) is 2.22. The summed E-state index contributed by atoms with van der Waals surface area (Å²) in [5, 5.41) is 8.08. The van der Waals surface area contributed by atoms with E-state index in [2.05, 4.69) is 0 Å². The van der Waals surface area contributed by atoms with E-state index in [1.807, 2.05) is 0 Å². The van der Waals surface area contributed by atoms with Gasteiger partial charge in [-0.05, 0) is 18.8 Å². The van der Waals surface area contributed by atoms with Crippen molar-refractivity contribution in [2.45, 2.75) is 37.4 Å². The molecule has 1 rings (SSSR count). The lowest BCUT2D eigenvalue weighted by Crippen LogP contribution is -2.25. The molecule has 0 spiro atoms. The first-order valence-corrected chi connectivity index (χ1v) is 4.57. The predicted molar refractivity (Wildman–Crippen MR) is 45.6 cm³/mol. The summed E-state index contributed by atoms with van der Waals surface area (Å²) in [6, 6.07) is 0. The van der Waals surface area contributed by atoms with Gasteiger partial charge in [0, 0.05) is 0 Å². The fourth-order valence-electron chi connectivity index (χ4n) is 1.64. The molecule has 1 fully saturated rings. The molecule has 0 heterocycles. The van der Waals surface area contributed by atoms with Crippen LogP contribution in [-0.2, 0) is 4.79 Å². The number of carbonyl (C=O) groups is 1. The second-order valence-corrected chi connectivity index (χ2v) is 3.66. The van der Waals surface area contributed by atoms with Crippen LogP contribution in [-0.4, -0.2) is 16.3 Å². The van der Waals surface area contributed by atoms with Crippen LogP contribution in [0.15, 0.2) is 0 Å². The van der Waals surface area contributed by atoms with Crippen LogP contribution in [0.25, 0.3) is 0 Å². The number of rotatable bonds is 2. The highest BCUT2D eigenvalue weighted by atomic mass is 32.1. The fraction of sp³-hybridized carbons (Fsp3) is 0.875. The molecule has 11 heavy (non-hydrogen) atoms. The first kappa shape index (κ1) is 8.91. The maximum Gasteiger partial charge on any atom is 0.317 e. The van der Waals surface area contributed by atoms with Gasteiger partial charge in [-0.15, -0.1) is 0 Å². The van der Waals surface area contributed by atoms with Crippen LogP contribution in [0.5, 0.6) is 0 Å². The molecule has 3 heteroatoms. The van der Waals surface area contributed by atoms with Crippen LogP contribution in [0, 0.1) is 5.92 Å². The Morgan fingerprint density at radius 2 is 1.91 bits per heavy atom. The van der Waals surface area contributed by atoms with Crippen molar-refractivity contribution < 1.29 is 9.90 Å². The zero-order valence-corrected chi connectivity index (χ0v) is 7.27. The molecule has 1 saturated carbocycles. The quantitative estimate of drug-likeness (QED) is 0.695. The highest BCUT2D eigenvalue weighted by Crippen LogP contribution is 2.28. The van der Waals surface area contributed by atoms with Gasteiger partial charge < -0.3 is 5.11 Å². The molecule has 1 aliphatic carbocycles. The van der Waals surface area contributed by atoms with Crippen molar-refractivity contribution in [1.29, 1.82) is 0 Å².